The normalized spacial score (nSPS) is 10.5. The van der Waals surface area contributed by atoms with Crippen molar-refractivity contribution < 1.29 is 23.6 Å². The van der Waals surface area contributed by atoms with Crippen molar-refractivity contribution in [3.63, 3.8) is 0 Å². The standard InChI is InChI=1S/C24H22N4O5S/c29-21(12-13-23-25-24(28-33-23)20-7-4-14-34-20)26-27-22(30)16-32-19-10-8-18(9-11-19)31-15-17-5-2-1-3-6-17/h1-11,14H,12-13,15-16H2,(H,26,29)(H,27,30). The maximum Gasteiger partial charge on any atom is 0.276 e. The maximum atomic E-state index is 12.0. The van der Waals surface area contributed by atoms with Crippen LogP contribution in [0.1, 0.15) is 17.9 Å². The van der Waals surface area contributed by atoms with Crippen LogP contribution in [0.3, 0.4) is 0 Å². The molecule has 0 aliphatic carbocycles. The molecule has 2 N–H and O–H groups in total. The lowest BCUT2D eigenvalue weighted by Gasteiger charge is -2.10. The number of hydrogen-bond donors (Lipinski definition) is 2. The summed E-state index contributed by atoms with van der Waals surface area (Å²) in [4.78, 5) is 29.0. The number of carbonyl (C=O) groups is 2. The minimum atomic E-state index is -0.490. The molecule has 34 heavy (non-hydrogen) atoms. The number of thiophene rings is 1. The predicted octanol–water partition coefficient (Wildman–Crippen LogP) is 3.54. The Morgan fingerprint density at radius 1 is 0.882 bits per heavy atom. The smallest absolute Gasteiger partial charge is 0.276 e. The first-order chi connectivity index (χ1) is 16.7. The summed E-state index contributed by atoms with van der Waals surface area (Å²) in [6.45, 7) is 0.212. The topological polar surface area (TPSA) is 116 Å². The third kappa shape index (κ3) is 6.91. The highest BCUT2D eigenvalue weighted by Gasteiger charge is 2.12. The fraction of sp³-hybridized carbons (Fsp3) is 0.167. The van der Waals surface area contributed by atoms with Crippen molar-refractivity contribution >= 4 is 23.2 Å². The summed E-state index contributed by atoms with van der Waals surface area (Å²) in [6.07, 6.45) is 0.340. The molecule has 2 heterocycles. The monoisotopic (exact) mass is 478 g/mol. The summed E-state index contributed by atoms with van der Waals surface area (Å²) in [5, 5.41) is 5.81. The molecule has 0 fully saturated rings. The molecule has 174 valence electrons. The molecule has 0 bridgehead atoms. The van der Waals surface area contributed by atoms with Gasteiger partial charge < -0.3 is 14.0 Å². The van der Waals surface area contributed by atoms with Crippen LogP contribution in [0.5, 0.6) is 11.5 Å². The molecule has 10 heteroatoms. The summed E-state index contributed by atoms with van der Waals surface area (Å²) in [6, 6.07) is 20.6. The minimum Gasteiger partial charge on any atom is -0.489 e. The summed E-state index contributed by atoms with van der Waals surface area (Å²) in [7, 11) is 0. The Hall–Kier alpha value is -4.18. The van der Waals surface area contributed by atoms with E-state index >= 15 is 0 Å². The number of amides is 2. The van der Waals surface area contributed by atoms with Gasteiger partial charge in [-0.05, 0) is 41.3 Å². The number of nitrogens with one attached hydrogen (secondary N) is 2. The lowest BCUT2D eigenvalue weighted by molar-refractivity contribution is -0.130. The lowest BCUT2D eigenvalue weighted by atomic mass is 10.2. The van der Waals surface area contributed by atoms with E-state index in [2.05, 4.69) is 21.0 Å². The molecule has 0 radical (unpaired) electrons. The Morgan fingerprint density at radius 3 is 2.35 bits per heavy atom. The highest BCUT2D eigenvalue weighted by Crippen LogP contribution is 2.21. The maximum absolute atomic E-state index is 12.0. The fourth-order valence-corrected chi connectivity index (χ4v) is 3.49. The van der Waals surface area contributed by atoms with Gasteiger partial charge in [0.25, 0.3) is 5.91 Å². The molecule has 4 aromatic rings. The number of ether oxygens (including phenoxy) is 2. The lowest BCUT2D eigenvalue weighted by Crippen LogP contribution is -2.43. The van der Waals surface area contributed by atoms with Gasteiger partial charge >= 0.3 is 0 Å². The van der Waals surface area contributed by atoms with Crippen molar-refractivity contribution in [3.8, 4) is 22.2 Å². The molecule has 0 aliphatic rings. The highest BCUT2D eigenvalue weighted by molar-refractivity contribution is 7.13. The van der Waals surface area contributed by atoms with Gasteiger partial charge in [-0.3, -0.25) is 20.4 Å². The van der Waals surface area contributed by atoms with Gasteiger partial charge in [0, 0.05) is 12.8 Å². The third-order valence-corrected chi connectivity index (χ3v) is 5.42. The van der Waals surface area contributed by atoms with E-state index in [0.29, 0.717) is 29.8 Å². The Morgan fingerprint density at radius 2 is 1.62 bits per heavy atom. The Bertz CT molecular complexity index is 1190. The minimum absolute atomic E-state index is 0.0810. The molecule has 9 nitrogen and oxygen atoms in total. The molecule has 4 rings (SSSR count). The van der Waals surface area contributed by atoms with Gasteiger partial charge in [0.2, 0.25) is 17.6 Å². The van der Waals surface area contributed by atoms with Crippen LogP contribution in [0, 0.1) is 0 Å². The molecule has 0 spiro atoms. The molecule has 0 saturated heterocycles. The van der Waals surface area contributed by atoms with E-state index in [-0.39, 0.29) is 25.4 Å². The summed E-state index contributed by atoms with van der Waals surface area (Å²) >= 11 is 1.50. The third-order valence-electron chi connectivity index (χ3n) is 4.56. The Labute approximate surface area is 199 Å². The number of aryl methyl sites for hydroxylation is 1. The fourth-order valence-electron chi connectivity index (χ4n) is 2.84. The number of nitrogens with zero attached hydrogens (tertiary/aromatic N) is 2. The second-order valence-electron chi connectivity index (χ2n) is 7.12. The number of aromatic nitrogens is 2. The molecule has 2 aromatic heterocycles. The first-order valence-corrected chi connectivity index (χ1v) is 11.4. The summed E-state index contributed by atoms with van der Waals surface area (Å²) in [5.74, 6) is 1.17. The van der Waals surface area contributed by atoms with Crippen LogP contribution in [0.4, 0.5) is 0 Å². The van der Waals surface area contributed by atoms with E-state index in [1.165, 1.54) is 11.3 Å². The Kier molecular flexibility index (Phi) is 7.86. The van der Waals surface area contributed by atoms with Gasteiger partial charge in [-0.2, -0.15) is 4.98 Å². The molecule has 0 aliphatic heterocycles. The van der Waals surface area contributed by atoms with Gasteiger partial charge in [0.05, 0.1) is 4.88 Å². The van der Waals surface area contributed by atoms with Crippen LogP contribution in [0.2, 0.25) is 0 Å². The van der Waals surface area contributed by atoms with Gasteiger partial charge in [-0.15, -0.1) is 11.3 Å². The van der Waals surface area contributed by atoms with Crippen LogP contribution in [0.15, 0.2) is 76.6 Å². The van der Waals surface area contributed by atoms with Gasteiger partial charge in [-0.25, -0.2) is 0 Å². The summed E-state index contributed by atoms with van der Waals surface area (Å²) in [5.41, 5.74) is 5.72. The number of hydrogen-bond acceptors (Lipinski definition) is 8. The average Bonchev–Trinajstić information content (AvgIpc) is 3.57. The van der Waals surface area contributed by atoms with Crippen LogP contribution in [-0.2, 0) is 22.6 Å². The zero-order valence-electron chi connectivity index (χ0n) is 18.1. The molecule has 0 unspecified atom stereocenters. The van der Waals surface area contributed by atoms with Crippen molar-refractivity contribution in [1.29, 1.82) is 0 Å². The van der Waals surface area contributed by atoms with Crippen molar-refractivity contribution in [1.82, 2.24) is 21.0 Å². The van der Waals surface area contributed by atoms with Gasteiger partial charge in [0.15, 0.2) is 6.61 Å². The van der Waals surface area contributed by atoms with E-state index in [4.69, 9.17) is 14.0 Å². The molecular formula is C24H22N4O5S. The number of hydrazine groups is 1. The van der Waals surface area contributed by atoms with E-state index in [1.54, 1.807) is 24.3 Å². The quantitative estimate of drug-likeness (QED) is 0.335. The van der Waals surface area contributed by atoms with Gasteiger partial charge in [-0.1, -0.05) is 41.6 Å². The predicted molar refractivity (Wildman–Crippen MR) is 125 cm³/mol. The van der Waals surface area contributed by atoms with E-state index < -0.39 is 5.91 Å². The van der Waals surface area contributed by atoms with Crippen LogP contribution < -0.4 is 20.3 Å². The average molecular weight is 479 g/mol. The second kappa shape index (κ2) is 11.6. The first-order valence-electron chi connectivity index (χ1n) is 10.5. The van der Waals surface area contributed by atoms with Gasteiger partial charge in [0.1, 0.15) is 18.1 Å². The van der Waals surface area contributed by atoms with Crippen molar-refractivity contribution in [2.75, 3.05) is 6.61 Å². The number of rotatable bonds is 10. The SMILES string of the molecule is O=C(CCc1nc(-c2cccs2)no1)NNC(=O)COc1ccc(OCc2ccccc2)cc1. The molecule has 2 aromatic carbocycles. The first kappa shape index (κ1) is 23.0. The van der Waals surface area contributed by atoms with E-state index in [9.17, 15) is 9.59 Å². The molecule has 2 amide bonds. The molecular weight excluding hydrogens is 456 g/mol. The second-order valence-corrected chi connectivity index (χ2v) is 8.07. The zero-order chi connectivity index (χ0) is 23.6. The molecule has 0 atom stereocenters. The largest absolute Gasteiger partial charge is 0.489 e. The van der Waals surface area contributed by atoms with Crippen LogP contribution in [0.25, 0.3) is 10.7 Å². The molecule has 0 saturated carbocycles. The summed E-state index contributed by atoms with van der Waals surface area (Å²) < 4.78 is 16.3. The van der Waals surface area contributed by atoms with Crippen molar-refractivity contribution in [3.05, 3.63) is 83.6 Å². The number of carbonyl (C=O) groups excluding carboxylic acids is 2. The van der Waals surface area contributed by atoms with Crippen LogP contribution in [-0.4, -0.2) is 28.6 Å². The van der Waals surface area contributed by atoms with Crippen LogP contribution >= 0.6 is 11.3 Å². The van der Waals surface area contributed by atoms with Crippen molar-refractivity contribution in [2.45, 2.75) is 19.4 Å². The van der Waals surface area contributed by atoms with E-state index in [1.807, 2.05) is 47.8 Å². The van der Waals surface area contributed by atoms with Crippen molar-refractivity contribution in [2.24, 2.45) is 0 Å². The Balaban J connectivity index is 1.12. The number of benzene rings is 2. The zero-order valence-corrected chi connectivity index (χ0v) is 18.9. The highest BCUT2D eigenvalue weighted by atomic mass is 32.1. The van der Waals surface area contributed by atoms with E-state index in [0.717, 1.165) is 10.4 Å².